The van der Waals surface area contributed by atoms with Gasteiger partial charge in [0.05, 0.1) is 31.0 Å². The lowest BCUT2D eigenvalue weighted by Gasteiger charge is -2.06. The van der Waals surface area contributed by atoms with Gasteiger partial charge < -0.3 is 19.3 Å². The smallest absolute Gasteiger partial charge is 0.412 e. The van der Waals surface area contributed by atoms with Crippen molar-refractivity contribution in [2.45, 2.75) is 13.1 Å². The summed E-state index contributed by atoms with van der Waals surface area (Å²) in [7, 11) is 4.27. The molecule has 0 unspecified atom stereocenters. The molecule has 0 bridgehead atoms. The van der Waals surface area contributed by atoms with Crippen LogP contribution in [-0.4, -0.2) is 40.5 Å². The van der Waals surface area contributed by atoms with E-state index in [2.05, 4.69) is 20.5 Å². The zero-order chi connectivity index (χ0) is 25.1. The number of aromatic nitrogens is 3. The Morgan fingerprint density at radius 3 is 2.71 bits per heavy atom. The van der Waals surface area contributed by atoms with E-state index < -0.39 is 17.3 Å². The lowest BCUT2D eigenvalue weighted by molar-refractivity contribution is 0.0955. The summed E-state index contributed by atoms with van der Waals surface area (Å²) in [5.74, 6) is 0.542. The Morgan fingerprint density at radius 2 is 1.97 bits per heavy atom. The first-order chi connectivity index (χ1) is 16.8. The van der Waals surface area contributed by atoms with Crippen LogP contribution in [0.3, 0.4) is 0 Å². The summed E-state index contributed by atoms with van der Waals surface area (Å²) in [6, 6.07) is 10.1. The molecule has 12 nitrogen and oxygen atoms in total. The minimum Gasteiger partial charge on any atom is -0.497 e. The number of benzene rings is 1. The van der Waals surface area contributed by atoms with Gasteiger partial charge in [-0.25, -0.2) is 9.59 Å². The highest BCUT2D eigenvalue weighted by molar-refractivity contribution is 7.20. The molecule has 182 valence electrons. The first kappa shape index (κ1) is 23.8. The standard InChI is InChI=1S/C22H21N5O7S/c1-26-20-15(9-16(35-20)18(28)23-10-12-5-4-6-13(7-12)32-2)19(29)27(22(26)31)11-14-8-17(25-34-14)24-21(30)33-3/h4-9H,10-11H2,1-3H3,(H,23,28)(H,24,25,30). The summed E-state index contributed by atoms with van der Waals surface area (Å²) in [4.78, 5) is 50.6. The number of ether oxygens (including phenoxy) is 2. The molecule has 0 radical (unpaired) electrons. The average Bonchev–Trinajstić information content (AvgIpc) is 3.51. The predicted octanol–water partition coefficient (Wildman–Crippen LogP) is 1.91. The van der Waals surface area contributed by atoms with E-state index in [4.69, 9.17) is 9.26 Å². The molecule has 2 amide bonds. The molecule has 1 aromatic carbocycles. The van der Waals surface area contributed by atoms with Crippen LogP contribution in [-0.2, 0) is 24.9 Å². The van der Waals surface area contributed by atoms with Crippen molar-refractivity contribution in [1.29, 1.82) is 0 Å². The van der Waals surface area contributed by atoms with Gasteiger partial charge in [0, 0.05) is 19.7 Å². The number of amides is 2. The summed E-state index contributed by atoms with van der Waals surface area (Å²) in [5.41, 5.74) is -0.321. The van der Waals surface area contributed by atoms with Crippen LogP contribution in [0.4, 0.5) is 10.6 Å². The van der Waals surface area contributed by atoms with E-state index >= 15 is 0 Å². The fourth-order valence-corrected chi connectivity index (χ4v) is 4.37. The van der Waals surface area contributed by atoms with Crippen LogP contribution < -0.4 is 26.6 Å². The summed E-state index contributed by atoms with van der Waals surface area (Å²) >= 11 is 1.05. The number of hydrogen-bond acceptors (Lipinski definition) is 9. The van der Waals surface area contributed by atoms with Gasteiger partial charge in [-0.2, -0.15) is 0 Å². The SMILES string of the molecule is COC(=O)Nc1cc(Cn2c(=O)c3cc(C(=O)NCc4cccc(OC)c4)sc3n(C)c2=O)on1. The second-order valence-electron chi connectivity index (χ2n) is 7.39. The molecular weight excluding hydrogens is 478 g/mol. The van der Waals surface area contributed by atoms with E-state index in [1.54, 1.807) is 13.2 Å². The highest BCUT2D eigenvalue weighted by Crippen LogP contribution is 2.22. The van der Waals surface area contributed by atoms with E-state index in [1.165, 1.54) is 30.9 Å². The number of fused-ring (bicyclic) bond motifs is 1. The van der Waals surface area contributed by atoms with Crippen molar-refractivity contribution in [2.75, 3.05) is 19.5 Å². The Morgan fingerprint density at radius 1 is 1.17 bits per heavy atom. The molecule has 35 heavy (non-hydrogen) atoms. The summed E-state index contributed by atoms with van der Waals surface area (Å²) in [6.07, 6.45) is -0.741. The third kappa shape index (κ3) is 4.94. The molecule has 4 rings (SSSR count). The molecular formula is C22H21N5O7S. The van der Waals surface area contributed by atoms with Crippen molar-refractivity contribution >= 4 is 39.4 Å². The van der Waals surface area contributed by atoms with Crippen LogP contribution in [0.5, 0.6) is 5.75 Å². The van der Waals surface area contributed by atoms with E-state index in [1.807, 2.05) is 18.2 Å². The van der Waals surface area contributed by atoms with Crippen molar-refractivity contribution in [2.24, 2.45) is 7.05 Å². The van der Waals surface area contributed by atoms with Gasteiger partial charge in [-0.3, -0.25) is 24.0 Å². The lowest BCUT2D eigenvalue weighted by atomic mass is 10.2. The molecule has 0 fully saturated rings. The van der Waals surface area contributed by atoms with Gasteiger partial charge in [0.1, 0.15) is 10.6 Å². The number of methoxy groups -OCH3 is 2. The van der Waals surface area contributed by atoms with E-state index in [0.717, 1.165) is 21.5 Å². The van der Waals surface area contributed by atoms with Crippen molar-refractivity contribution in [1.82, 2.24) is 19.6 Å². The minimum absolute atomic E-state index is 0.0725. The maximum Gasteiger partial charge on any atom is 0.412 e. The summed E-state index contributed by atoms with van der Waals surface area (Å²) in [6.45, 7) is 0.0470. The summed E-state index contributed by atoms with van der Waals surface area (Å²) in [5, 5.41) is 9.01. The van der Waals surface area contributed by atoms with Gasteiger partial charge in [0.2, 0.25) is 0 Å². The lowest BCUT2D eigenvalue weighted by Crippen LogP contribution is -2.38. The Balaban J connectivity index is 1.58. The van der Waals surface area contributed by atoms with Crippen LogP contribution in [0.1, 0.15) is 21.0 Å². The molecule has 0 aliphatic rings. The molecule has 0 aliphatic carbocycles. The molecule has 4 aromatic rings. The summed E-state index contributed by atoms with van der Waals surface area (Å²) < 4.78 is 17.0. The van der Waals surface area contributed by atoms with Crippen LogP contribution in [0.2, 0.25) is 0 Å². The second-order valence-corrected chi connectivity index (χ2v) is 8.42. The largest absolute Gasteiger partial charge is 0.497 e. The Bertz CT molecular complexity index is 1530. The van der Waals surface area contributed by atoms with E-state index in [9.17, 15) is 19.2 Å². The highest BCUT2D eigenvalue weighted by Gasteiger charge is 2.19. The monoisotopic (exact) mass is 499 g/mol. The fraction of sp³-hybridized carbons (Fsp3) is 0.227. The fourth-order valence-electron chi connectivity index (χ4n) is 3.35. The van der Waals surface area contributed by atoms with Crippen LogP contribution >= 0.6 is 11.3 Å². The Kier molecular flexibility index (Phi) is 6.68. The third-order valence-electron chi connectivity index (χ3n) is 5.11. The number of rotatable bonds is 7. The maximum atomic E-state index is 13.1. The van der Waals surface area contributed by atoms with Gasteiger partial charge in [-0.15, -0.1) is 11.3 Å². The number of nitrogens with zero attached hydrogens (tertiary/aromatic N) is 3. The molecule has 0 saturated heterocycles. The molecule has 0 atom stereocenters. The normalized spacial score (nSPS) is 10.8. The zero-order valence-electron chi connectivity index (χ0n) is 19.0. The quantitative estimate of drug-likeness (QED) is 0.392. The molecule has 2 N–H and O–H groups in total. The second kappa shape index (κ2) is 9.85. The van der Waals surface area contributed by atoms with Crippen LogP contribution in [0, 0.1) is 0 Å². The Labute approximate surface area is 201 Å². The van der Waals surface area contributed by atoms with E-state index in [0.29, 0.717) is 10.6 Å². The molecule has 3 aromatic heterocycles. The van der Waals surface area contributed by atoms with Crippen molar-refractivity contribution in [3.63, 3.8) is 0 Å². The average molecular weight is 500 g/mol. The van der Waals surface area contributed by atoms with Crippen molar-refractivity contribution in [3.8, 4) is 5.75 Å². The Hall–Kier alpha value is -4.39. The van der Waals surface area contributed by atoms with Gasteiger partial charge >= 0.3 is 11.8 Å². The van der Waals surface area contributed by atoms with Gasteiger partial charge in [-0.05, 0) is 23.8 Å². The van der Waals surface area contributed by atoms with Crippen molar-refractivity contribution in [3.05, 3.63) is 73.4 Å². The first-order valence-corrected chi connectivity index (χ1v) is 11.1. The van der Waals surface area contributed by atoms with Gasteiger partial charge in [0.15, 0.2) is 11.6 Å². The number of aryl methyl sites for hydroxylation is 1. The van der Waals surface area contributed by atoms with Gasteiger partial charge in [-0.1, -0.05) is 17.3 Å². The van der Waals surface area contributed by atoms with Gasteiger partial charge in [0.25, 0.3) is 11.5 Å². The van der Waals surface area contributed by atoms with Crippen LogP contribution in [0.15, 0.2) is 50.5 Å². The zero-order valence-corrected chi connectivity index (χ0v) is 19.8. The molecule has 0 saturated carbocycles. The first-order valence-electron chi connectivity index (χ1n) is 10.3. The third-order valence-corrected chi connectivity index (χ3v) is 6.32. The number of anilines is 1. The number of thiophene rings is 1. The number of carbonyl (C=O) groups is 2. The molecule has 3 heterocycles. The minimum atomic E-state index is -0.741. The molecule has 0 aliphatic heterocycles. The molecule has 0 spiro atoms. The molecule has 13 heteroatoms. The number of nitrogens with one attached hydrogen (secondary N) is 2. The highest BCUT2D eigenvalue weighted by atomic mass is 32.1. The van der Waals surface area contributed by atoms with E-state index in [-0.39, 0.29) is 40.8 Å². The maximum absolute atomic E-state index is 13.1. The van der Waals surface area contributed by atoms with Crippen molar-refractivity contribution < 1.29 is 23.6 Å². The number of hydrogen-bond donors (Lipinski definition) is 2. The topological polar surface area (TPSA) is 147 Å². The van der Waals surface area contributed by atoms with Crippen LogP contribution in [0.25, 0.3) is 10.2 Å². The number of carbonyl (C=O) groups excluding carboxylic acids is 2. The predicted molar refractivity (Wildman–Crippen MR) is 127 cm³/mol.